The molecule has 0 fully saturated rings. The molecule has 2 aromatic carbocycles. The van der Waals surface area contributed by atoms with Crippen molar-refractivity contribution in [3.05, 3.63) is 66.5 Å². The van der Waals surface area contributed by atoms with Gasteiger partial charge in [-0.2, -0.15) is 0 Å². The molecule has 4 aromatic rings. The lowest BCUT2D eigenvalue weighted by molar-refractivity contribution is 0.102. The first-order valence-electron chi connectivity index (χ1n) is 8.46. The van der Waals surface area contributed by atoms with E-state index >= 15 is 0 Å². The van der Waals surface area contributed by atoms with Crippen LogP contribution in [0.5, 0.6) is 0 Å². The fourth-order valence-corrected chi connectivity index (χ4v) is 4.25. The Hall–Kier alpha value is -2.99. The Morgan fingerprint density at radius 1 is 1.15 bits per heavy atom. The molecule has 1 amide bonds. The van der Waals surface area contributed by atoms with Crippen molar-refractivity contribution in [3.63, 3.8) is 0 Å². The summed E-state index contributed by atoms with van der Waals surface area (Å²) in [4.78, 5) is 20.7. The number of para-hydroxylation sites is 2. The Labute approximate surface area is 154 Å². The molecule has 2 N–H and O–H groups in total. The summed E-state index contributed by atoms with van der Waals surface area (Å²) in [5, 5.41) is 5.01. The van der Waals surface area contributed by atoms with E-state index in [1.807, 2.05) is 48.5 Å². The van der Waals surface area contributed by atoms with Gasteiger partial charge in [0.25, 0.3) is 5.91 Å². The number of H-pyrrole nitrogens is 1. The molecular weight excluding hydrogens is 344 g/mol. The number of imidazole rings is 1. The molecule has 6 heteroatoms. The van der Waals surface area contributed by atoms with Crippen LogP contribution in [0, 0.1) is 0 Å². The number of thioether (sulfide) groups is 1. The summed E-state index contributed by atoms with van der Waals surface area (Å²) in [6.45, 7) is 0.983. The van der Waals surface area contributed by atoms with E-state index in [9.17, 15) is 4.79 Å². The van der Waals surface area contributed by atoms with Crippen molar-refractivity contribution >= 4 is 34.3 Å². The van der Waals surface area contributed by atoms with Gasteiger partial charge in [-0.05, 0) is 12.1 Å². The van der Waals surface area contributed by atoms with Crippen LogP contribution in [0.4, 0.5) is 5.69 Å². The summed E-state index contributed by atoms with van der Waals surface area (Å²) >= 11 is 1.76. The molecule has 0 radical (unpaired) electrons. The average molecular weight is 360 g/mol. The van der Waals surface area contributed by atoms with Crippen molar-refractivity contribution in [1.82, 2.24) is 14.5 Å². The molecule has 1 aliphatic heterocycles. The van der Waals surface area contributed by atoms with Gasteiger partial charge >= 0.3 is 0 Å². The number of aryl methyl sites for hydroxylation is 1. The largest absolute Gasteiger partial charge is 0.360 e. The summed E-state index contributed by atoms with van der Waals surface area (Å²) in [7, 11) is 0. The van der Waals surface area contributed by atoms with Crippen LogP contribution in [-0.4, -0.2) is 26.2 Å². The van der Waals surface area contributed by atoms with Crippen LogP contribution in [0.1, 0.15) is 10.4 Å². The maximum absolute atomic E-state index is 12.9. The fourth-order valence-electron chi connectivity index (χ4n) is 3.30. The number of carbonyl (C=O) groups is 1. The molecule has 0 saturated heterocycles. The number of anilines is 1. The zero-order chi connectivity index (χ0) is 17.5. The van der Waals surface area contributed by atoms with Crippen LogP contribution < -0.4 is 5.32 Å². The second-order valence-corrected chi connectivity index (χ2v) is 7.26. The van der Waals surface area contributed by atoms with E-state index in [2.05, 4.69) is 21.1 Å². The Balaban J connectivity index is 1.50. The standard InChI is InChI=1S/C20H16N4OS/c25-19(15-11-21-16-7-3-1-5-13(15)16)22-17-8-4-2-6-14(17)18-12-24-9-10-26-20(24)23-18/h1-8,11-12,21H,9-10H2,(H,22,25). The molecule has 0 atom stereocenters. The number of aromatic nitrogens is 3. The molecule has 0 saturated carbocycles. The van der Waals surface area contributed by atoms with Gasteiger partial charge in [-0.1, -0.05) is 48.2 Å². The van der Waals surface area contributed by atoms with Gasteiger partial charge in [0.1, 0.15) is 0 Å². The minimum absolute atomic E-state index is 0.129. The summed E-state index contributed by atoms with van der Waals surface area (Å²) < 4.78 is 2.16. The number of fused-ring (bicyclic) bond motifs is 2. The predicted octanol–water partition coefficient (Wildman–Crippen LogP) is 4.39. The highest BCUT2D eigenvalue weighted by Gasteiger charge is 2.18. The van der Waals surface area contributed by atoms with Crippen LogP contribution in [0.2, 0.25) is 0 Å². The summed E-state index contributed by atoms with van der Waals surface area (Å²) in [6.07, 6.45) is 3.82. The van der Waals surface area contributed by atoms with Crippen molar-refractivity contribution in [2.24, 2.45) is 0 Å². The van der Waals surface area contributed by atoms with E-state index < -0.39 is 0 Å². The minimum atomic E-state index is -0.129. The van der Waals surface area contributed by atoms with Crippen LogP contribution in [0.25, 0.3) is 22.2 Å². The number of nitrogens with zero attached hydrogens (tertiary/aromatic N) is 2. The first kappa shape index (κ1) is 15.3. The molecule has 26 heavy (non-hydrogen) atoms. The lowest BCUT2D eigenvalue weighted by atomic mass is 10.1. The summed E-state index contributed by atoms with van der Waals surface area (Å²) in [5.41, 5.74) is 4.18. The van der Waals surface area contributed by atoms with Crippen LogP contribution in [0.15, 0.2) is 66.1 Å². The van der Waals surface area contributed by atoms with Crippen LogP contribution >= 0.6 is 11.8 Å². The molecule has 5 rings (SSSR count). The molecular formula is C20H16N4OS. The highest BCUT2D eigenvalue weighted by molar-refractivity contribution is 7.99. The smallest absolute Gasteiger partial charge is 0.257 e. The zero-order valence-corrected chi connectivity index (χ0v) is 14.7. The number of rotatable bonds is 3. The summed E-state index contributed by atoms with van der Waals surface area (Å²) in [5.74, 6) is 0.942. The first-order chi connectivity index (χ1) is 12.8. The van der Waals surface area contributed by atoms with Crippen molar-refractivity contribution < 1.29 is 4.79 Å². The highest BCUT2D eigenvalue weighted by atomic mass is 32.2. The minimum Gasteiger partial charge on any atom is -0.360 e. The molecule has 3 heterocycles. The molecule has 0 aliphatic carbocycles. The molecule has 0 unspecified atom stereocenters. The molecule has 2 aromatic heterocycles. The lowest BCUT2D eigenvalue weighted by Crippen LogP contribution is -2.12. The van der Waals surface area contributed by atoms with Gasteiger partial charge in [0, 0.05) is 41.2 Å². The number of nitrogens with one attached hydrogen (secondary N) is 2. The number of amides is 1. The van der Waals surface area contributed by atoms with Gasteiger partial charge in [-0.3, -0.25) is 4.79 Å². The third kappa shape index (κ3) is 2.50. The number of benzene rings is 2. The van der Waals surface area contributed by atoms with E-state index in [-0.39, 0.29) is 5.91 Å². The predicted molar refractivity (Wildman–Crippen MR) is 105 cm³/mol. The van der Waals surface area contributed by atoms with E-state index in [0.717, 1.165) is 45.3 Å². The average Bonchev–Trinajstić information content (AvgIpc) is 3.36. The highest BCUT2D eigenvalue weighted by Crippen LogP contribution is 2.32. The van der Waals surface area contributed by atoms with E-state index in [1.165, 1.54) is 0 Å². The molecule has 0 spiro atoms. The Morgan fingerprint density at radius 2 is 2.00 bits per heavy atom. The molecule has 1 aliphatic rings. The van der Waals surface area contributed by atoms with Crippen molar-refractivity contribution in [3.8, 4) is 11.3 Å². The Kier molecular flexibility index (Phi) is 3.57. The number of carbonyl (C=O) groups excluding carboxylic acids is 1. The van der Waals surface area contributed by atoms with Crippen molar-refractivity contribution in [2.75, 3.05) is 11.1 Å². The zero-order valence-electron chi connectivity index (χ0n) is 13.9. The topological polar surface area (TPSA) is 62.7 Å². The van der Waals surface area contributed by atoms with Gasteiger partial charge in [0.2, 0.25) is 0 Å². The van der Waals surface area contributed by atoms with Crippen LogP contribution in [0.3, 0.4) is 0 Å². The quantitative estimate of drug-likeness (QED) is 0.570. The maximum Gasteiger partial charge on any atom is 0.257 e. The van der Waals surface area contributed by atoms with E-state index in [4.69, 9.17) is 4.98 Å². The molecule has 0 bridgehead atoms. The number of aromatic amines is 1. The monoisotopic (exact) mass is 360 g/mol. The Morgan fingerprint density at radius 3 is 2.92 bits per heavy atom. The van der Waals surface area contributed by atoms with E-state index in [1.54, 1.807) is 18.0 Å². The molecule has 5 nitrogen and oxygen atoms in total. The van der Waals surface area contributed by atoms with Gasteiger partial charge in [0.15, 0.2) is 5.16 Å². The molecule has 128 valence electrons. The Bertz CT molecular complexity index is 1110. The van der Waals surface area contributed by atoms with Crippen molar-refractivity contribution in [2.45, 2.75) is 11.7 Å². The fraction of sp³-hybridized carbons (Fsp3) is 0.100. The first-order valence-corrected chi connectivity index (χ1v) is 9.45. The second kappa shape index (κ2) is 6.07. The SMILES string of the molecule is O=C(Nc1ccccc1-c1cn2c(n1)SCC2)c1c[nH]c2ccccc12. The van der Waals surface area contributed by atoms with Crippen LogP contribution in [-0.2, 0) is 6.54 Å². The van der Waals surface area contributed by atoms with Gasteiger partial charge in [-0.25, -0.2) is 4.98 Å². The maximum atomic E-state index is 12.9. The third-order valence-electron chi connectivity index (χ3n) is 4.59. The lowest BCUT2D eigenvalue weighted by Gasteiger charge is -2.09. The van der Waals surface area contributed by atoms with Gasteiger partial charge < -0.3 is 14.9 Å². The van der Waals surface area contributed by atoms with Gasteiger partial charge in [0.05, 0.1) is 16.9 Å². The number of hydrogen-bond donors (Lipinski definition) is 2. The normalized spacial score (nSPS) is 13.1. The van der Waals surface area contributed by atoms with Crippen molar-refractivity contribution in [1.29, 1.82) is 0 Å². The van der Waals surface area contributed by atoms with E-state index in [0.29, 0.717) is 5.56 Å². The second-order valence-electron chi connectivity index (χ2n) is 6.20. The number of hydrogen-bond acceptors (Lipinski definition) is 3. The summed E-state index contributed by atoms with van der Waals surface area (Å²) in [6, 6.07) is 15.6. The third-order valence-corrected chi connectivity index (χ3v) is 5.56. The van der Waals surface area contributed by atoms with Gasteiger partial charge in [-0.15, -0.1) is 0 Å².